The molecule has 0 aliphatic carbocycles. The van der Waals surface area contributed by atoms with E-state index < -0.39 is 0 Å². The van der Waals surface area contributed by atoms with Crippen molar-refractivity contribution in [3.05, 3.63) is 29.8 Å². The van der Waals surface area contributed by atoms with Crippen molar-refractivity contribution >= 4 is 5.69 Å². The van der Waals surface area contributed by atoms with E-state index in [0.717, 1.165) is 31.8 Å². The SMILES string of the molecule is CCC(CC)N(CCOC)CCc1ccccc1N. The van der Waals surface area contributed by atoms with Gasteiger partial charge >= 0.3 is 0 Å². The maximum absolute atomic E-state index is 6.00. The quantitative estimate of drug-likeness (QED) is 0.697. The van der Waals surface area contributed by atoms with E-state index in [-0.39, 0.29) is 0 Å². The average molecular weight is 264 g/mol. The minimum atomic E-state index is 0.639. The molecule has 0 unspecified atom stereocenters. The number of nitrogens with zero attached hydrogens (tertiary/aromatic N) is 1. The van der Waals surface area contributed by atoms with Gasteiger partial charge in [0.2, 0.25) is 0 Å². The lowest BCUT2D eigenvalue weighted by Gasteiger charge is -2.30. The summed E-state index contributed by atoms with van der Waals surface area (Å²) < 4.78 is 5.22. The Bertz CT molecular complexity index is 350. The number of anilines is 1. The molecule has 0 saturated carbocycles. The summed E-state index contributed by atoms with van der Waals surface area (Å²) in [6.07, 6.45) is 3.38. The largest absolute Gasteiger partial charge is 0.399 e. The van der Waals surface area contributed by atoms with Crippen molar-refractivity contribution in [2.45, 2.75) is 39.2 Å². The van der Waals surface area contributed by atoms with Crippen LogP contribution in [0.15, 0.2) is 24.3 Å². The number of para-hydroxylation sites is 1. The Hall–Kier alpha value is -1.06. The monoisotopic (exact) mass is 264 g/mol. The molecule has 0 heterocycles. The van der Waals surface area contributed by atoms with Crippen LogP contribution in [-0.4, -0.2) is 37.7 Å². The van der Waals surface area contributed by atoms with Crippen LogP contribution in [0.25, 0.3) is 0 Å². The summed E-state index contributed by atoms with van der Waals surface area (Å²) in [6, 6.07) is 8.79. The van der Waals surface area contributed by atoms with Gasteiger partial charge in [0.1, 0.15) is 0 Å². The topological polar surface area (TPSA) is 38.5 Å². The van der Waals surface area contributed by atoms with Crippen LogP contribution < -0.4 is 5.73 Å². The summed E-state index contributed by atoms with van der Waals surface area (Å²) in [5.41, 5.74) is 8.15. The first-order chi connectivity index (χ1) is 9.22. The fourth-order valence-electron chi connectivity index (χ4n) is 2.52. The molecule has 0 aromatic heterocycles. The van der Waals surface area contributed by atoms with Gasteiger partial charge in [-0.05, 0) is 30.9 Å². The predicted molar refractivity (Wildman–Crippen MR) is 82.4 cm³/mol. The first-order valence-electron chi connectivity index (χ1n) is 7.29. The van der Waals surface area contributed by atoms with Crippen LogP contribution in [-0.2, 0) is 11.2 Å². The van der Waals surface area contributed by atoms with Crippen LogP contribution in [0, 0.1) is 0 Å². The maximum atomic E-state index is 6.00. The third-order valence-electron chi connectivity index (χ3n) is 3.76. The Morgan fingerprint density at radius 2 is 1.84 bits per heavy atom. The Kier molecular flexibility index (Phi) is 7.53. The highest BCUT2D eigenvalue weighted by Gasteiger charge is 2.14. The number of hydrogen-bond acceptors (Lipinski definition) is 3. The van der Waals surface area contributed by atoms with E-state index in [2.05, 4.69) is 30.9 Å². The summed E-state index contributed by atoms with van der Waals surface area (Å²) in [6.45, 7) is 7.34. The van der Waals surface area contributed by atoms with Crippen molar-refractivity contribution in [3.8, 4) is 0 Å². The van der Waals surface area contributed by atoms with Gasteiger partial charge in [-0.1, -0.05) is 32.0 Å². The minimum absolute atomic E-state index is 0.639. The number of benzene rings is 1. The Balaban J connectivity index is 2.59. The molecule has 0 fully saturated rings. The van der Waals surface area contributed by atoms with Gasteiger partial charge in [-0.2, -0.15) is 0 Å². The predicted octanol–water partition coefficient (Wildman–Crippen LogP) is 2.95. The third-order valence-corrected chi connectivity index (χ3v) is 3.76. The molecule has 19 heavy (non-hydrogen) atoms. The number of methoxy groups -OCH3 is 1. The molecule has 1 aromatic rings. The van der Waals surface area contributed by atoms with Crippen molar-refractivity contribution in [2.24, 2.45) is 0 Å². The van der Waals surface area contributed by atoms with Gasteiger partial charge in [0.05, 0.1) is 6.61 Å². The maximum Gasteiger partial charge on any atom is 0.0589 e. The summed E-state index contributed by atoms with van der Waals surface area (Å²) in [7, 11) is 1.76. The van der Waals surface area contributed by atoms with Crippen LogP contribution in [0.2, 0.25) is 0 Å². The van der Waals surface area contributed by atoms with E-state index >= 15 is 0 Å². The lowest BCUT2D eigenvalue weighted by molar-refractivity contribution is 0.116. The highest BCUT2D eigenvalue weighted by Crippen LogP contribution is 2.14. The second kappa shape index (κ2) is 8.94. The van der Waals surface area contributed by atoms with Gasteiger partial charge in [0, 0.05) is 31.9 Å². The van der Waals surface area contributed by atoms with Gasteiger partial charge < -0.3 is 10.5 Å². The molecule has 0 bridgehead atoms. The minimum Gasteiger partial charge on any atom is -0.399 e. The van der Waals surface area contributed by atoms with Crippen molar-refractivity contribution in [1.29, 1.82) is 0 Å². The zero-order valence-corrected chi connectivity index (χ0v) is 12.6. The molecule has 1 aromatic carbocycles. The molecule has 0 aliphatic rings. The number of rotatable bonds is 9. The molecule has 3 nitrogen and oxygen atoms in total. The zero-order chi connectivity index (χ0) is 14.1. The van der Waals surface area contributed by atoms with E-state index in [1.165, 1.54) is 18.4 Å². The van der Waals surface area contributed by atoms with Gasteiger partial charge in [-0.3, -0.25) is 4.90 Å². The van der Waals surface area contributed by atoms with Crippen LogP contribution >= 0.6 is 0 Å². The number of ether oxygens (including phenoxy) is 1. The number of nitrogen functional groups attached to an aromatic ring is 1. The fraction of sp³-hybridized carbons (Fsp3) is 0.625. The van der Waals surface area contributed by atoms with Crippen LogP contribution in [0.1, 0.15) is 32.3 Å². The summed E-state index contributed by atoms with van der Waals surface area (Å²) >= 11 is 0. The van der Waals surface area contributed by atoms with E-state index in [1.54, 1.807) is 7.11 Å². The molecule has 3 heteroatoms. The van der Waals surface area contributed by atoms with Crippen LogP contribution in [0.4, 0.5) is 5.69 Å². The molecule has 0 amide bonds. The Morgan fingerprint density at radius 3 is 2.42 bits per heavy atom. The van der Waals surface area contributed by atoms with Crippen molar-refractivity contribution < 1.29 is 4.74 Å². The first-order valence-corrected chi connectivity index (χ1v) is 7.29. The standard InChI is InChI=1S/C16H28N2O/c1-4-15(5-2)18(12-13-19-3)11-10-14-8-6-7-9-16(14)17/h6-9,15H,4-5,10-13,17H2,1-3H3. The van der Waals surface area contributed by atoms with E-state index in [0.29, 0.717) is 6.04 Å². The molecule has 0 radical (unpaired) electrons. The lowest BCUT2D eigenvalue weighted by Crippen LogP contribution is -2.38. The second-order valence-corrected chi connectivity index (χ2v) is 4.95. The summed E-state index contributed by atoms with van der Waals surface area (Å²) in [4.78, 5) is 2.52. The van der Waals surface area contributed by atoms with Crippen molar-refractivity contribution in [1.82, 2.24) is 4.90 Å². The van der Waals surface area contributed by atoms with Gasteiger partial charge in [-0.15, -0.1) is 0 Å². The smallest absolute Gasteiger partial charge is 0.0589 e. The number of hydrogen-bond donors (Lipinski definition) is 1. The van der Waals surface area contributed by atoms with Crippen molar-refractivity contribution in [2.75, 3.05) is 32.5 Å². The highest BCUT2D eigenvalue weighted by molar-refractivity contribution is 5.46. The molecule has 0 saturated heterocycles. The summed E-state index contributed by atoms with van der Waals surface area (Å²) in [5, 5.41) is 0. The third kappa shape index (κ3) is 5.21. The average Bonchev–Trinajstić information content (AvgIpc) is 2.43. The van der Waals surface area contributed by atoms with Crippen LogP contribution in [0.5, 0.6) is 0 Å². The Morgan fingerprint density at radius 1 is 1.16 bits per heavy atom. The van der Waals surface area contributed by atoms with E-state index in [1.807, 2.05) is 12.1 Å². The number of nitrogens with two attached hydrogens (primary N) is 1. The van der Waals surface area contributed by atoms with Crippen LogP contribution in [0.3, 0.4) is 0 Å². The zero-order valence-electron chi connectivity index (χ0n) is 12.6. The molecular weight excluding hydrogens is 236 g/mol. The Labute approximate surface area is 117 Å². The van der Waals surface area contributed by atoms with E-state index in [9.17, 15) is 0 Å². The van der Waals surface area contributed by atoms with Crippen molar-refractivity contribution in [3.63, 3.8) is 0 Å². The molecule has 108 valence electrons. The second-order valence-electron chi connectivity index (χ2n) is 4.95. The highest BCUT2D eigenvalue weighted by atomic mass is 16.5. The lowest BCUT2D eigenvalue weighted by atomic mass is 10.1. The molecule has 2 N–H and O–H groups in total. The van der Waals surface area contributed by atoms with Gasteiger partial charge in [0.15, 0.2) is 0 Å². The molecule has 0 spiro atoms. The molecule has 1 rings (SSSR count). The molecule has 0 atom stereocenters. The van der Waals surface area contributed by atoms with E-state index in [4.69, 9.17) is 10.5 Å². The summed E-state index contributed by atoms with van der Waals surface area (Å²) in [5.74, 6) is 0. The normalized spacial score (nSPS) is 11.4. The molecular formula is C16H28N2O. The van der Waals surface area contributed by atoms with Gasteiger partial charge in [-0.25, -0.2) is 0 Å². The first kappa shape index (κ1) is 16.0. The molecule has 0 aliphatic heterocycles. The van der Waals surface area contributed by atoms with Gasteiger partial charge in [0.25, 0.3) is 0 Å². The fourth-order valence-corrected chi connectivity index (χ4v) is 2.52.